The number of aromatic amines is 1. The van der Waals surface area contributed by atoms with Gasteiger partial charge in [0.15, 0.2) is 5.82 Å². The van der Waals surface area contributed by atoms with Crippen LogP contribution in [0.1, 0.15) is 41.9 Å². The van der Waals surface area contributed by atoms with Crippen molar-refractivity contribution in [2.24, 2.45) is 0 Å². The minimum atomic E-state index is -0.0571. The molecular weight excluding hydrogens is 318 g/mol. The molecule has 0 saturated carbocycles. The number of H-pyrrole nitrogens is 1. The van der Waals surface area contributed by atoms with Crippen molar-refractivity contribution < 1.29 is 9.53 Å². The van der Waals surface area contributed by atoms with Gasteiger partial charge in [-0.3, -0.25) is 4.79 Å². The van der Waals surface area contributed by atoms with Crippen molar-refractivity contribution in [3.63, 3.8) is 0 Å². The number of nitrogens with one attached hydrogen (secondary N) is 1. The number of carbonyl (C=O) groups excluding carboxylic acids is 1. The second-order valence-corrected chi connectivity index (χ2v) is 5.87. The van der Waals surface area contributed by atoms with Gasteiger partial charge in [-0.05, 0) is 38.0 Å². The summed E-state index contributed by atoms with van der Waals surface area (Å²) in [6.45, 7) is 3.64. The fourth-order valence-corrected chi connectivity index (χ4v) is 3.00. The van der Waals surface area contributed by atoms with Gasteiger partial charge >= 0.3 is 0 Å². The number of aromatic nitrogens is 4. The molecule has 2 heterocycles. The third-order valence-electron chi connectivity index (χ3n) is 3.91. The molecule has 1 saturated heterocycles. The van der Waals surface area contributed by atoms with E-state index < -0.39 is 0 Å². The van der Waals surface area contributed by atoms with Gasteiger partial charge in [0.05, 0.1) is 12.2 Å². The van der Waals surface area contributed by atoms with E-state index in [1.165, 1.54) is 0 Å². The molecule has 2 aromatic rings. The van der Waals surface area contributed by atoms with E-state index in [0.717, 1.165) is 12.8 Å². The monoisotopic (exact) mass is 335 g/mol. The van der Waals surface area contributed by atoms with E-state index in [0.29, 0.717) is 41.9 Å². The number of ether oxygens (including phenoxy) is 1. The molecule has 1 aromatic carbocycles. The number of tetrazole rings is 1. The molecule has 0 aliphatic carbocycles. The molecule has 1 N–H and O–H groups in total. The normalized spacial score (nSPS) is 18.0. The zero-order valence-corrected chi connectivity index (χ0v) is 13.6. The zero-order valence-electron chi connectivity index (χ0n) is 12.8. The lowest BCUT2D eigenvalue weighted by Gasteiger charge is -2.31. The van der Waals surface area contributed by atoms with Gasteiger partial charge in [0.1, 0.15) is 5.75 Å². The number of likely N-dealkylation sites (tertiary alicyclic amines) is 1. The maximum atomic E-state index is 12.9. The van der Waals surface area contributed by atoms with Crippen molar-refractivity contribution in [1.29, 1.82) is 0 Å². The summed E-state index contributed by atoms with van der Waals surface area (Å²) in [7, 11) is 0. The molecule has 1 amide bonds. The van der Waals surface area contributed by atoms with Crippen molar-refractivity contribution in [2.75, 3.05) is 19.7 Å². The van der Waals surface area contributed by atoms with Crippen LogP contribution < -0.4 is 4.74 Å². The van der Waals surface area contributed by atoms with Crippen molar-refractivity contribution in [3.05, 3.63) is 34.6 Å². The van der Waals surface area contributed by atoms with Crippen LogP contribution in [0.5, 0.6) is 5.75 Å². The van der Waals surface area contributed by atoms with E-state index in [9.17, 15) is 4.79 Å². The van der Waals surface area contributed by atoms with E-state index in [4.69, 9.17) is 16.3 Å². The summed E-state index contributed by atoms with van der Waals surface area (Å²) < 4.78 is 5.56. The number of carbonyl (C=O) groups is 1. The standard InChI is InChI=1S/C15H18ClN5O2/c1-2-23-13-8-11(16)5-6-12(13)15(22)21-7-3-4-10(9-21)14-17-19-20-18-14/h5-6,8,10H,2-4,7,9H2,1H3,(H,17,18,19,20). The number of rotatable bonds is 4. The van der Waals surface area contributed by atoms with E-state index in [1.807, 2.05) is 11.8 Å². The minimum absolute atomic E-state index is 0.0571. The Kier molecular flexibility index (Phi) is 4.76. The van der Waals surface area contributed by atoms with E-state index in [2.05, 4.69) is 20.6 Å². The fourth-order valence-electron chi connectivity index (χ4n) is 2.83. The van der Waals surface area contributed by atoms with E-state index in [1.54, 1.807) is 18.2 Å². The number of benzene rings is 1. The predicted molar refractivity (Wildman–Crippen MR) is 84.7 cm³/mol. The SMILES string of the molecule is CCOc1cc(Cl)ccc1C(=O)N1CCCC(c2nn[nH]n2)C1. The van der Waals surface area contributed by atoms with Gasteiger partial charge in [-0.2, -0.15) is 5.21 Å². The average Bonchev–Trinajstić information content (AvgIpc) is 3.09. The number of nitrogens with zero attached hydrogens (tertiary/aromatic N) is 4. The highest BCUT2D eigenvalue weighted by atomic mass is 35.5. The molecule has 7 nitrogen and oxygen atoms in total. The Morgan fingerprint density at radius 2 is 2.39 bits per heavy atom. The van der Waals surface area contributed by atoms with Gasteiger partial charge in [-0.25, -0.2) is 0 Å². The topological polar surface area (TPSA) is 84.0 Å². The third kappa shape index (κ3) is 3.44. The Labute approximate surface area is 139 Å². The molecule has 23 heavy (non-hydrogen) atoms. The Morgan fingerprint density at radius 1 is 1.52 bits per heavy atom. The van der Waals surface area contributed by atoms with Gasteiger partial charge in [0, 0.05) is 24.0 Å². The Morgan fingerprint density at radius 3 is 3.13 bits per heavy atom. The first-order chi connectivity index (χ1) is 11.2. The maximum Gasteiger partial charge on any atom is 0.257 e. The van der Waals surface area contributed by atoms with Crippen LogP contribution in [0.4, 0.5) is 0 Å². The highest BCUT2D eigenvalue weighted by Gasteiger charge is 2.29. The van der Waals surface area contributed by atoms with Crippen molar-refractivity contribution in [1.82, 2.24) is 25.5 Å². The van der Waals surface area contributed by atoms with Crippen LogP contribution in [-0.4, -0.2) is 51.1 Å². The summed E-state index contributed by atoms with van der Waals surface area (Å²) >= 11 is 6.00. The Bertz CT molecular complexity index is 677. The van der Waals surface area contributed by atoms with E-state index >= 15 is 0 Å². The second-order valence-electron chi connectivity index (χ2n) is 5.43. The quantitative estimate of drug-likeness (QED) is 0.926. The molecule has 1 unspecified atom stereocenters. The molecule has 1 fully saturated rings. The maximum absolute atomic E-state index is 12.9. The van der Waals surface area contributed by atoms with Crippen LogP contribution in [0.3, 0.4) is 0 Å². The van der Waals surface area contributed by atoms with Crippen LogP contribution >= 0.6 is 11.6 Å². The van der Waals surface area contributed by atoms with Gasteiger partial charge in [-0.15, -0.1) is 10.2 Å². The van der Waals surface area contributed by atoms with Crippen LogP contribution in [0.2, 0.25) is 5.02 Å². The molecule has 1 aromatic heterocycles. The summed E-state index contributed by atoms with van der Waals surface area (Å²) in [5, 5.41) is 14.7. The number of amides is 1. The Hall–Kier alpha value is -2.15. The molecule has 1 aliphatic heterocycles. The molecule has 1 aliphatic rings. The van der Waals surface area contributed by atoms with Gasteiger partial charge < -0.3 is 9.64 Å². The first kappa shape index (κ1) is 15.7. The molecular formula is C15H18ClN5O2. The highest BCUT2D eigenvalue weighted by molar-refractivity contribution is 6.30. The summed E-state index contributed by atoms with van der Waals surface area (Å²) in [4.78, 5) is 14.7. The molecule has 3 rings (SSSR count). The Balaban J connectivity index is 1.80. The lowest BCUT2D eigenvalue weighted by Crippen LogP contribution is -2.39. The molecule has 1 atom stereocenters. The highest BCUT2D eigenvalue weighted by Crippen LogP contribution is 2.29. The van der Waals surface area contributed by atoms with Crippen LogP contribution in [0, 0.1) is 0 Å². The third-order valence-corrected chi connectivity index (χ3v) is 4.14. The molecule has 8 heteroatoms. The number of piperidine rings is 1. The average molecular weight is 336 g/mol. The van der Waals surface area contributed by atoms with Crippen LogP contribution in [0.25, 0.3) is 0 Å². The second kappa shape index (κ2) is 6.95. The summed E-state index contributed by atoms with van der Waals surface area (Å²) in [5.41, 5.74) is 0.532. The number of hydrogen-bond acceptors (Lipinski definition) is 5. The first-order valence-corrected chi connectivity index (χ1v) is 8.01. The number of halogens is 1. The molecule has 0 bridgehead atoms. The zero-order chi connectivity index (χ0) is 16.2. The predicted octanol–water partition coefficient (Wildman–Crippen LogP) is 2.27. The van der Waals surface area contributed by atoms with Gasteiger partial charge in [0.2, 0.25) is 0 Å². The lowest BCUT2D eigenvalue weighted by molar-refractivity contribution is 0.0700. The van der Waals surface area contributed by atoms with Crippen molar-refractivity contribution in [2.45, 2.75) is 25.7 Å². The summed E-state index contributed by atoms with van der Waals surface area (Å²) in [6.07, 6.45) is 1.85. The summed E-state index contributed by atoms with van der Waals surface area (Å²) in [6, 6.07) is 5.10. The largest absolute Gasteiger partial charge is 0.493 e. The van der Waals surface area contributed by atoms with Gasteiger partial charge in [0.25, 0.3) is 5.91 Å². The lowest BCUT2D eigenvalue weighted by atomic mass is 9.96. The van der Waals surface area contributed by atoms with Gasteiger partial charge in [-0.1, -0.05) is 16.8 Å². The smallest absolute Gasteiger partial charge is 0.257 e. The van der Waals surface area contributed by atoms with Crippen molar-refractivity contribution in [3.8, 4) is 5.75 Å². The van der Waals surface area contributed by atoms with Crippen molar-refractivity contribution >= 4 is 17.5 Å². The van der Waals surface area contributed by atoms with Crippen LogP contribution in [0.15, 0.2) is 18.2 Å². The first-order valence-electron chi connectivity index (χ1n) is 7.64. The summed E-state index contributed by atoms with van der Waals surface area (Å²) in [5.74, 6) is 1.22. The van der Waals surface area contributed by atoms with Crippen LogP contribution in [-0.2, 0) is 0 Å². The molecule has 0 radical (unpaired) electrons. The van der Waals surface area contributed by atoms with E-state index in [-0.39, 0.29) is 11.8 Å². The molecule has 122 valence electrons. The minimum Gasteiger partial charge on any atom is -0.493 e. The number of hydrogen-bond donors (Lipinski definition) is 1. The molecule has 0 spiro atoms. The fraction of sp³-hybridized carbons (Fsp3) is 0.467.